The second-order valence-electron chi connectivity index (χ2n) is 10.4. The Labute approximate surface area is 230 Å². The van der Waals surface area contributed by atoms with E-state index < -0.39 is 6.10 Å². The van der Waals surface area contributed by atoms with E-state index in [4.69, 9.17) is 19.8 Å². The number of rotatable bonds is 10. The molecule has 0 aliphatic carbocycles. The van der Waals surface area contributed by atoms with Crippen molar-refractivity contribution in [3.63, 3.8) is 0 Å². The average molecular weight is 527 g/mol. The van der Waals surface area contributed by atoms with Crippen LogP contribution in [0.1, 0.15) is 67.4 Å². The minimum atomic E-state index is -0.705. The second-order valence-corrected chi connectivity index (χ2v) is 10.4. The maximum atomic E-state index is 11.0. The van der Waals surface area contributed by atoms with Gasteiger partial charge in [0, 0.05) is 55.2 Å². The van der Waals surface area contributed by atoms with Gasteiger partial charge in [-0.2, -0.15) is 0 Å². The third kappa shape index (κ3) is 6.71. The van der Waals surface area contributed by atoms with Crippen LogP contribution in [0.15, 0.2) is 66.9 Å². The van der Waals surface area contributed by atoms with Gasteiger partial charge in [-0.25, -0.2) is 4.98 Å². The molecule has 1 aliphatic rings. The molecule has 0 spiro atoms. The van der Waals surface area contributed by atoms with Crippen molar-refractivity contribution in [1.29, 1.82) is 0 Å². The van der Waals surface area contributed by atoms with Gasteiger partial charge in [0.1, 0.15) is 0 Å². The van der Waals surface area contributed by atoms with Crippen LogP contribution in [-0.2, 0) is 11.2 Å². The zero-order valence-corrected chi connectivity index (χ0v) is 22.4. The quantitative estimate of drug-likeness (QED) is 0.235. The highest BCUT2D eigenvalue weighted by Crippen LogP contribution is 2.34. The molecule has 6 heteroatoms. The minimum Gasteiger partial charge on any atom is -0.396 e. The van der Waals surface area contributed by atoms with Crippen molar-refractivity contribution in [3.05, 3.63) is 83.7 Å². The summed E-state index contributed by atoms with van der Waals surface area (Å²) in [5.74, 6) is 0.347. The number of aliphatic hydroxyl groups is 3. The number of hydrogen-bond donors (Lipinski definition) is 3. The Hall–Kier alpha value is -3.16. The van der Waals surface area contributed by atoms with Gasteiger partial charge in [0.15, 0.2) is 0 Å². The Morgan fingerprint density at radius 2 is 1.56 bits per heavy atom. The molecule has 4 aromatic rings. The molecule has 0 amide bonds. The molecule has 39 heavy (non-hydrogen) atoms. The summed E-state index contributed by atoms with van der Waals surface area (Å²) in [6, 6.07) is 20.9. The van der Waals surface area contributed by atoms with Gasteiger partial charge in [-0.15, -0.1) is 0 Å². The third-order valence-corrected chi connectivity index (χ3v) is 7.70. The summed E-state index contributed by atoms with van der Waals surface area (Å²) in [4.78, 5) is 9.84. The lowest BCUT2D eigenvalue weighted by Crippen LogP contribution is -2.05. The van der Waals surface area contributed by atoms with Crippen LogP contribution in [0.4, 0.5) is 0 Å². The van der Waals surface area contributed by atoms with Gasteiger partial charge < -0.3 is 20.1 Å². The number of nitrogens with zero attached hydrogens (tertiary/aromatic N) is 2. The largest absolute Gasteiger partial charge is 0.396 e. The fourth-order valence-electron chi connectivity index (χ4n) is 5.43. The van der Waals surface area contributed by atoms with Crippen LogP contribution in [0, 0.1) is 0 Å². The highest BCUT2D eigenvalue weighted by molar-refractivity contribution is 5.85. The molecule has 1 unspecified atom stereocenters. The number of aromatic nitrogens is 2. The maximum Gasteiger partial charge on any atom is 0.0798 e. The molecule has 1 saturated heterocycles. The predicted octanol–water partition coefficient (Wildman–Crippen LogP) is 5.98. The van der Waals surface area contributed by atoms with Gasteiger partial charge in [-0.05, 0) is 79.3 Å². The first-order valence-corrected chi connectivity index (χ1v) is 14.1. The minimum absolute atomic E-state index is 0.0446. The highest BCUT2D eigenvalue weighted by atomic mass is 16.5. The van der Waals surface area contributed by atoms with Gasteiger partial charge in [-0.1, -0.05) is 48.5 Å². The summed E-state index contributed by atoms with van der Waals surface area (Å²) in [6.45, 7) is 1.81. The molecular formula is C33H38N2O4. The van der Waals surface area contributed by atoms with Crippen LogP contribution >= 0.6 is 0 Å². The first-order chi connectivity index (χ1) is 19.2. The standard InChI is InChI=1S/C33H38N2O4/c36-16-1-4-23-7-9-24(10-8-23)25-11-13-27(14-12-25)31-20-28(33(38)6-2-17-37)29-22-34-30(21-32(29)35-31)26-5-3-18-39-19-15-26/h7-14,20-22,26,33,36-38H,1-6,15-19H2/t26-,33?/m1/s1. The van der Waals surface area contributed by atoms with E-state index in [1.54, 1.807) is 0 Å². The van der Waals surface area contributed by atoms with E-state index >= 15 is 0 Å². The molecule has 1 aliphatic heterocycles. The summed E-state index contributed by atoms with van der Waals surface area (Å²) in [6.07, 6.45) is 6.84. The molecule has 3 N–H and O–H groups in total. The maximum absolute atomic E-state index is 11.0. The Balaban J connectivity index is 1.48. The number of ether oxygens (including phenoxy) is 1. The monoisotopic (exact) mass is 526 g/mol. The Morgan fingerprint density at radius 3 is 2.31 bits per heavy atom. The van der Waals surface area contributed by atoms with Gasteiger partial charge >= 0.3 is 0 Å². The zero-order valence-electron chi connectivity index (χ0n) is 22.4. The lowest BCUT2D eigenvalue weighted by molar-refractivity contribution is 0.143. The Morgan fingerprint density at radius 1 is 0.846 bits per heavy atom. The third-order valence-electron chi connectivity index (χ3n) is 7.70. The molecule has 1 fully saturated rings. The van der Waals surface area contributed by atoms with Gasteiger partial charge in [0.05, 0.1) is 17.3 Å². The first kappa shape index (κ1) is 27.4. The molecule has 0 bridgehead atoms. The first-order valence-electron chi connectivity index (χ1n) is 14.1. The van der Waals surface area contributed by atoms with Crippen LogP contribution in [0.3, 0.4) is 0 Å². The summed E-state index contributed by atoms with van der Waals surface area (Å²) in [5.41, 5.74) is 7.96. The van der Waals surface area contributed by atoms with Crippen molar-refractivity contribution < 1.29 is 20.1 Å². The van der Waals surface area contributed by atoms with E-state index in [1.165, 1.54) is 5.56 Å². The Bertz CT molecular complexity index is 1350. The van der Waals surface area contributed by atoms with Crippen molar-refractivity contribution in [3.8, 4) is 22.4 Å². The average Bonchev–Trinajstić information content (AvgIpc) is 3.28. The number of aryl methyl sites for hydroxylation is 1. The van der Waals surface area contributed by atoms with E-state index in [0.717, 1.165) is 89.9 Å². The van der Waals surface area contributed by atoms with Crippen LogP contribution in [0.25, 0.3) is 33.3 Å². The SMILES string of the molecule is OCCCc1ccc(-c2ccc(-c3cc(C(O)CCCO)c4cnc([C@@H]5CCCOCC5)cc4n3)cc2)cc1. The predicted molar refractivity (Wildman–Crippen MR) is 155 cm³/mol. The van der Waals surface area contributed by atoms with Crippen LogP contribution < -0.4 is 0 Å². The summed E-state index contributed by atoms with van der Waals surface area (Å²) in [5, 5.41) is 30.3. The van der Waals surface area contributed by atoms with E-state index in [0.29, 0.717) is 18.8 Å². The molecule has 2 aromatic heterocycles. The fraction of sp³-hybridized carbons (Fsp3) is 0.394. The topological polar surface area (TPSA) is 95.7 Å². The molecule has 2 atom stereocenters. The lowest BCUT2D eigenvalue weighted by Gasteiger charge is -2.17. The summed E-state index contributed by atoms with van der Waals surface area (Å²) < 4.78 is 5.66. The Kier molecular flexibility index (Phi) is 9.32. The highest BCUT2D eigenvalue weighted by Gasteiger charge is 2.20. The smallest absolute Gasteiger partial charge is 0.0798 e. The molecule has 2 aromatic carbocycles. The van der Waals surface area contributed by atoms with E-state index in [1.807, 2.05) is 12.3 Å². The number of fused-ring (bicyclic) bond motifs is 1. The zero-order chi connectivity index (χ0) is 27.0. The molecule has 5 rings (SSSR count). The summed E-state index contributed by atoms with van der Waals surface area (Å²) >= 11 is 0. The van der Waals surface area contributed by atoms with E-state index in [2.05, 4.69) is 54.6 Å². The van der Waals surface area contributed by atoms with Crippen molar-refractivity contribution in [1.82, 2.24) is 9.97 Å². The molecule has 3 heterocycles. The van der Waals surface area contributed by atoms with Crippen molar-refractivity contribution in [2.24, 2.45) is 0 Å². The van der Waals surface area contributed by atoms with E-state index in [-0.39, 0.29) is 13.2 Å². The lowest BCUT2D eigenvalue weighted by atomic mass is 9.94. The van der Waals surface area contributed by atoms with E-state index in [9.17, 15) is 10.2 Å². The van der Waals surface area contributed by atoms with Crippen LogP contribution in [-0.4, -0.2) is 51.7 Å². The molecule has 0 radical (unpaired) electrons. The fourth-order valence-corrected chi connectivity index (χ4v) is 5.43. The van der Waals surface area contributed by atoms with Gasteiger partial charge in [-0.3, -0.25) is 4.98 Å². The number of benzene rings is 2. The van der Waals surface area contributed by atoms with Crippen LogP contribution in [0.5, 0.6) is 0 Å². The number of hydrogen-bond acceptors (Lipinski definition) is 6. The van der Waals surface area contributed by atoms with Crippen LogP contribution in [0.2, 0.25) is 0 Å². The molecule has 0 saturated carbocycles. The van der Waals surface area contributed by atoms with Gasteiger partial charge in [0.2, 0.25) is 0 Å². The number of pyridine rings is 2. The van der Waals surface area contributed by atoms with Crippen molar-refractivity contribution >= 4 is 10.9 Å². The summed E-state index contributed by atoms with van der Waals surface area (Å²) in [7, 11) is 0. The normalized spacial score (nSPS) is 16.7. The molecule has 6 nitrogen and oxygen atoms in total. The molecular weight excluding hydrogens is 488 g/mol. The number of aliphatic hydroxyl groups excluding tert-OH is 3. The van der Waals surface area contributed by atoms with Crippen molar-refractivity contribution in [2.75, 3.05) is 26.4 Å². The molecule has 204 valence electrons. The second kappa shape index (κ2) is 13.3. The van der Waals surface area contributed by atoms with Crippen molar-refractivity contribution in [2.45, 2.75) is 57.0 Å². The van der Waals surface area contributed by atoms with Gasteiger partial charge in [0.25, 0.3) is 0 Å².